The molecule has 1 heterocycles. The number of carbonyl (C=O) groups excluding carboxylic acids is 1. The van der Waals surface area contributed by atoms with Crippen LogP contribution in [0.1, 0.15) is 33.0 Å². The number of hydrogen-bond acceptors (Lipinski definition) is 4. The molecule has 0 amide bonds. The van der Waals surface area contributed by atoms with Crippen molar-refractivity contribution < 1.29 is 9.53 Å². The Kier molecular flexibility index (Phi) is 3.60. The summed E-state index contributed by atoms with van der Waals surface area (Å²) in [5, 5.41) is 0. The number of rotatable bonds is 3. The number of hydrogen-bond donors (Lipinski definition) is 0. The van der Waals surface area contributed by atoms with Crippen molar-refractivity contribution in [1.82, 2.24) is 9.97 Å². The number of carbonyl (C=O) groups is 1. The van der Waals surface area contributed by atoms with E-state index in [1.165, 1.54) is 0 Å². The number of methoxy groups -OCH3 is 1. The van der Waals surface area contributed by atoms with Crippen LogP contribution in [0.4, 0.5) is 0 Å². The van der Waals surface area contributed by atoms with Crippen LogP contribution in [-0.2, 0) is 0 Å². The van der Waals surface area contributed by atoms with Crippen LogP contribution < -0.4 is 4.74 Å². The minimum atomic E-state index is -0.139. The summed E-state index contributed by atoms with van der Waals surface area (Å²) < 4.78 is 5.32. The summed E-state index contributed by atoms with van der Waals surface area (Å²) in [4.78, 5) is 20.7. The third-order valence-electron chi connectivity index (χ3n) is 2.90. The molecule has 1 aromatic carbocycles. The predicted molar refractivity (Wildman–Crippen MR) is 72.7 cm³/mol. The molecule has 98 valence electrons. The molecule has 0 unspecified atom stereocenters. The molecule has 2 aromatic rings. The molecule has 0 bridgehead atoms. The quantitative estimate of drug-likeness (QED) is 0.792. The summed E-state index contributed by atoms with van der Waals surface area (Å²) in [6.45, 7) is 5.63. The zero-order valence-electron chi connectivity index (χ0n) is 11.5. The summed E-state index contributed by atoms with van der Waals surface area (Å²) in [5.74, 6) is 1.02. The molecule has 4 heteroatoms. The average Bonchev–Trinajstić information content (AvgIpc) is 2.37. The van der Waals surface area contributed by atoms with Gasteiger partial charge in [0, 0.05) is 6.20 Å². The molecule has 0 aliphatic carbocycles. The Labute approximate surface area is 112 Å². The van der Waals surface area contributed by atoms with Crippen molar-refractivity contribution in [2.45, 2.75) is 20.8 Å². The van der Waals surface area contributed by atoms with E-state index < -0.39 is 0 Å². The fourth-order valence-electron chi connectivity index (χ4n) is 2.09. The van der Waals surface area contributed by atoms with Gasteiger partial charge >= 0.3 is 0 Å². The van der Waals surface area contributed by atoms with Gasteiger partial charge in [-0.15, -0.1) is 0 Å². The minimum absolute atomic E-state index is 0.139. The van der Waals surface area contributed by atoms with Gasteiger partial charge in [-0.2, -0.15) is 0 Å². The zero-order valence-corrected chi connectivity index (χ0v) is 11.5. The van der Waals surface area contributed by atoms with Crippen molar-refractivity contribution in [3.05, 3.63) is 52.6 Å². The van der Waals surface area contributed by atoms with Gasteiger partial charge in [-0.25, -0.2) is 9.97 Å². The van der Waals surface area contributed by atoms with Crippen molar-refractivity contribution in [2.75, 3.05) is 7.11 Å². The Morgan fingerprint density at radius 2 is 1.95 bits per heavy atom. The highest BCUT2D eigenvalue weighted by atomic mass is 16.5. The molecule has 0 N–H and O–H groups in total. The first-order valence-electron chi connectivity index (χ1n) is 6.02. The third-order valence-corrected chi connectivity index (χ3v) is 2.90. The highest BCUT2D eigenvalue weighted by Crippen LogP contribution is 2.26. The van der Waals surface area contributed by atoms with Crippen LogP contribution in [0.25, 0.3) is 0 Å². The Bertz CT molecular complexity index is 636. The smallest absolute Gasteiger partial charge is 0.215 e. The SMILES string of the molecule is COc1cc(C)cc(C)c1C(=O)c1ccnc(C)n1. The number of aromatic nitrogens is 2. The topological polar surface area (TPSA) is 52.1 Å². The normalized spacial score (nSPS) is 10.3. The summed E-state index contributed by atoms with van der Waals surface area (Å²) in [6.07, 6.45) is 1.59. The summed E-state index contributed by atoms with van der Waals surface area (Å²) in [6, 6.07) is 5.44. The van der Waals surface area contributed by atoms with Gasteiger partial charge in [0.2, 0.25) is 5.78 Å². The fraction of sp³-hybridized carbons (Fsp3) is 0.267. The highest BCUT2D eigenvalue weighted by molar-refractivity contribution is 6.10. The van der Waals surface area contributed by atoms with Gasteiger partial charge in [0.15, 0.2) is 0 Å². The van der Waals surface area contributed by atoms with Crippen LogP contribution in [0.2, 0.25) is 0 Å². The molecule has 0 saturated carbocycles. The van der Waals surface area contributed by atoms with Gasteiger partial charge in [-0.05, 0) is 44.0 Å². The van der Waals surface area contributed by atoms with E-state index in [0.717, 1.165) is 11.1 Å². The lowest BCUT2D eigenvalue weighted by Gasteiger charge is -2.11. The molecular weight excluding hydrogens is 240 g/mol. The van der Waals surface area contributed by atoms with Crippen LogP contribution >= 0.6 is 0 Å². The van der Waals surface area contributed by atoms with E-state index in [2.05, 4.69) is 9.97 Å². The highest BCUT2D eigenvalue weighted by Gasteiger charge is 2.19. The molecule has 1 aromatic heterocycles. The first-order chi connectivity index (χ1) is 9.02. The lowest BCUT2D eigenvalue weighted by molar-refractivity contribution is 0.103. The van der Waals surface area contributed by atoms with Crippen molar-refractivity contribution in [1.29, 1.82) is 0 Å². The maximum atomic E-state index is 12.5. The van der Waals surface area contributed by atoms with Crippen LogP contribution in [0, 0.1) is 20.8 Å². The minimum Gasteiger partial charge on any atom is -0.496 e. The van der Waals surface area contributed by atoms with Gasteiger partial charge in [-0.1, -0.05) is 6.07 Å². The largest absolute Gasteiger partial charge is 0.496 e. The molecule has 19 heavy (non-hydrogen) atoms. The zero-order chi connectivity index (χ0) is 14.0. The van der Waals surface area contributed by atoms with E-state index in [-0.39, 0.29) is 5.78 Å². The third kappa shape index (κ3) is 2.62. The molecule has 0 radical (unpaired) electrons. The second-order valence-corrected chi connectivity index (χ2v) is 4.48. The number of ether oxygens (including phenoxy) is 1. The predicted octanol–water partition coefficient (Wildman–Crippen LogP) is 2.64. The summed E-state index contributed by atoms with van der Waals surface area (Å²) in [5.41, 5.74) is 2.90. The van der Waals surface area contributed by atoms with Crippen LogP contribution in [0.5, 0.6) is 5.75 Å². The van der Waals surface area contributed by atoms with Gasteiger partial charge in [0.05, 0.1) is 12.7 Å². The number of aryl methyl sites for hydroxylation is 3. The van der Waals surface area contributed by atoms with Gasteiger partial charge < -0.3 is 4.74 Å². The Morgan fingerprint density at radius 1 is 1.21 bits per heavy atom. The van der Waals surface area contributed by atoms with E-state index in [1.807, 2.05) is 26.0 Å². The lowest BCUT2D eigenvalue weighted by Crippen LogP contribution is -2.09. The maximum absolute atomic E-state index is 12.5. The van der Waals surface area contributed by atoms with Crippen molar-refractivity contribution in [3.8, 4) is 5.75 Å². The van der Waals surface area contributed by atoms with E-state index in [4.69, 9.17) is 4.74 Å². The van der Waals surface area contributed by atoms with Gasteiger partial charge in [0.25, 0.3) is 0 Å². The molecule has 0 saturated heterocycles. The molecular formula is C15H16N2O2. The molecule has 0 spiro atoms. The molecule has 0 fully saturated rings. The Morgan fingerprint density at radius 3 is 2.58 bits per heavy atom. The van der Waals surface area contributed by atoms with Crippen LogP contribution in [0.15, 0.2) is 24.4 Å². The first kappa shape index (κ1) is 13.2. The van der Waals surface area contributed by atoms with Gasteiger partial charge in [0.1, 0.15) is 17.3 Å². The maximum Gasteiger partial charge on any atom is 0.215 e. The van der Waals surface area contributed by atoms with Crippen molar-refractivity contribution >= 4 is 5.78 Å². The number of nitrogens with zero attached hydrogens (tertiary/aromatic N) is 2. The summed E-state index contributed by atoms with van der Waals surface area (Å²) in [7, 11) is 1.57. The molecule has 2 rings (SSSR count). The second-order valence-electron chi connectivity index (χ2n) is 4.48. The van der Waals surface area contributed by atoms with Crippen LogP contribution in [0.3, 0.4) is 0 Å². The van der Waals surface area contributed by atoms with Crippen LogP contribution in [-0.4, -0.2) is 22.9 Å². The summed E-state index contributed by atoms with van der Waals surface area (Å²) >= 11 is 0. The number of benzene rings is 1. The van der Waals surface area contributed by atoms with E-state index >= 15 is 0 Å². The average molecular weight is 256 g/mol. The monoisotopic (exact) mass is 256 g/mol. The lowest BCUT2D eigenvalue weighted by atomic mass is 9.99. The van der Waals surface area contributed by atoms with Gasteiger partial charge in [-0.3, -0.25) is 4.79 Å². The Hall–Kier alpha value is -2.23. The van der Waals surface area contributed by atoms with E-state index in [1.54, 1.807) is 26.3 Å². The van der Waals surface area contributed by atoms with Crippen molar-refractivity contribution in [2.24, 2.45) is 0 Å². The Balaban J connectivity index is 2.56. The standard InChI is InChI=1S/C15H16N2O2/c1-9-7-10(2)14(13(8-9)19-4)15(18)12-5-6-16-11(3)17-12/h5-8H,1-4H3. The van der Waals surface area contributed by atoms with Crippen molar-refractivity contribution in [3.63, 3.8) is 0 Å². The fourth-order valence-corrected chi connectivity index (χ4v) is 2.09. The number of ketones is 1. The van der Waals surface area contributed by atoms with E-state index in [9.17, 15) is 4.79 Å². The second kappa shape index (κ2) is 5.18. The molecule has 0 aliphatic heterocycles. The molecule has 0 atom stereocenters. The van der Waals surface area contributed by atoms with E-state index in [0.29, 0.717) is 22.8 Å². The first-order valence-corrected chi connectivity index (χ1v) is 6.02. The molecule has 0 aliphatic rings. The molecule has 4 nitrogen and oxygen atoms in total.